The topological polar surface area (TPSA) is 12.0 Å². The average Bonchev–Trinajstić information content (AvgIpc) is 2.30. The van der Waals surface area contributed by atoms with Crippen LogP contribution in [0.2, 0.25) is 0 Å². The Balaban J connectivity index is 1.73. The van der Waals surface area contributed by atoms with Crippen molar-refractivity contribution in [3.63, 3.8) is 0 Å². The van der Waals surface area contributed by atoms with Gasteiger partial charge in [-0.3, -0.25) is 0 Å². The number of thioether (sulfide) groups is 1. The predicted octanol–water partition coefficient (Wildman–Crippen LogP) is 4.43. The van der Waals surface area contributed by atoms with Crippen molar-refractivity contribution in [3.8, 4) is 0 Å². The molecular weight excluding hydrogens is 306 g/mol. The minimum Gasteiger partial charge on any atom is -0.311 e. The zero-order chi connectivity index (χ0) is 13.0. The molecule has 0 saturated heterocycles. The molecule has 1 fully saturated rings. The highest BCUT2D eigenvalue weighted by Crippen LogP contribution is 2.37. The van der Waals surface area contributed by atoms with Crippen LogP contribution in [0.4, 0.5) is 0 Å². The Morgan fingerprint density at radius 2 is 2.22 bits per heavy atom. The summed E-state index contributed by atoms with van der Waals surface area (Å²) in [5.74, 6) is 2.02. The van der Waals surface area contributed by atoms with Crippen LogP contribution in [-0.4, -0.2) is 24.1 Å². The molecule has 1 N–H and O–H groups in total. The second kappa shape index (κ2) is 6.97. The van der Waals surface area contributed by atoms with E-state index in [0.29, 0.717) is 6.04 Å². The Bertz CT molecular complexity index is 377. The second-order valence-corrected chi connectivity index (χ2v) is 7.17. The first-order valence-corrected chi connectivity index (χ1v) is 8.88. The van der Waals surface area contributed by atoms with Crippen LogP contribution in [0.15, 0.2) is 28.7 Å². The molecule has 1 aliphatic rings. The first-order valence-electron chi connectivity index (χ1n) is 6.69. The van der Waals surface area contributed by atoms with Crippen molar-refractivity contribution < 1.29 is 0 Å². The third kappa shape index (κ3) is 4.01. The zero-order valence-corrected chi connectivity index (χ0v) is 13.6. The van der Waals surface area contributed by atoms with Gasteiger partial charge in [-0.25, -0.2) is 0 Å². The van der Waals surface area contributed by atoms with E-state index in [4.69, 9.17) is 0 Å². The third-order valence-corrected chi connectivity index (χ3v) is 4.87. The largest absolute Gasteiger partial charge is 0.311 e. The Morgan fingerprint density at radius 3 is 2.89 bits per heavy atom. The molecule has 0 aromatic heterocycles. The van der Waals surface area contributed by atoms with E-state index in [0.717, 1.165) is 12.0 Å². The van der Waals surface area contributed by atoms with Gasteiger partial charge in [-0.05, 0) is 61.8 Å². The summed E-state index contributed by atoms with van der Waals surface area (Å²) in [6.45, 7) is 2.31. The lowest BCUT2D eigenvalue weighted by molar-refractivity contribution is 0.268. The van der Waals surface area contributed by atoms with Gasteiger partial charge in [0.25, 0.3) is 0 Å². The fourth-order valence-corrected chi connectivity index (χ4v) is 3.57. The highest BCUT2D eigenvalue weighted by Gasteiger charge is 2.30. The smallest absolute Gasteiger partial charge is 0.0178 e. The normalized spacial score (nSPS) is 24.6. The maximum atomic E-state index is 3.74. The first kappa shape index (κ1) is 14.4. The second-order valence-electron chi connectivity index (χ2n) is 5.27. The third-order valence-electron chi connectivity index (χ3n) is 3.73. The lowest BCUT2D eigenvalue weighted by Crippen LogP contribution is -2.44. The molecule has 1 unspecified atom stereocenters. The van der Waals surface area contributed by atoms with Crippen molar-refractivity contribution in [3.05, 3.63) is 34.3 Å². The molecule has 1 aromatic carbocycles. The SMILES string of the molecule is CSCCC(C)NC1CC(c2cccc(Br)c2)C1. The minimum absolute atomic E-state index is 0.658. The standard InChI is InChI=1S/C15H22BrNS/c1-11(6-7-18-2)17-15-9-13(10-15)12-4-3-5-14(16)8-12/h3-5,8,11,13,15,17H,6-7,9-10H2,1-2H3. The van der Waals surface area contributed by atoms with E-state index in [9.17, 15) is 0 Å². The van der Waals surface area contributed by atoms with Crippen molar-refractivity contribution >= 4 is 27.7 Å². The van der Waals surface area contributed by atoms with E-state index in [2.05, 4.69) is 58.7 Å². The Morgan fingerprint density at radius 1 is 1.44 bits per heavy atom. The molecular formula is C15H22BrNS. The predicted molar refractivity (Wildman–Crippen MR) is 85.5 cm³/mol. The van der Waals surface area contributed by atoms with Crippen molar-refractivity contribution in [2.45, 2.75) is 44.2 Å². The highest BCUT2D eigenvalue weighted by molar-refractivity contribution is 9.10. The Labute approximate surface area is 123 Å². The van der Waals surface area contributed by atoms with E-state index in [1.807, 2.05) is 11.8 Å². The van der Waals surface area contributed by atoms with Gasteiger partial charge in [-0.2, -0.15) is 11.8 Å². The zero-order valence-electron chi connectivity index (χ0n) is 11.2. The molecule has 0 bridgehead atoms. The van der Waals surface area contributed by atoms with Gasteiger partial charge in [0.2, 0.25) is 0 Å². The molecule has 1 aromatic rings. The van der Waals surface area contributed by atoms with Crippen molar-refractivity contribution in [2.75, 3.05) is 12.0 Å². The van der Waals surface area contributed by atoms with Crippen LogP contribution in [0.5, 0.6) is 0 Å². The van der Waals surface area contributed by atoms with Crippen LogP contribution < -0.4 is 5.32 Å². The summed E-state index contributed by atoms with van der Waals surface area (Å²) in [6.07, 6.45) is 6.04. The van der Waals surface area contributed by atoms with Gasteiger partial charge in [-0.1, -0.05) is 28.1 Å². The Kier molecular flexibility index (Phi) is 5.58. The number of benzene rings is 1. The maximum Gasteiger partial charge on any atom is 0.0178 e. The van der Waals surface area contributed by atoms with Crippen LogP contribution in [-0.2, 0) is 0 Å². The van der Waals surface area contributed by atoms with Crippen molar-refractivity contribution in [1.29, 1.82) is 0 Å². The molecule has 0 amide bonds. The molecule has 1 aliphatic carbocycles. The number of rotatable bonds is 6. The molecule has 1 atom stereocenters. The number of hydrogen-bond acceptors (Lipinski definition) is 2. The molecule has 0 aliphatic heterocycles. The fraction of sp³-hybridized carbons (Fsp3) is 0.600. The van der Waals surface area contributed by atoms with Gasteiger partial charge >= 0.3 is 0 Å². The number of hydrogen-bond donors (Lipinski definition) is 1. The minimum atomic E-state index is 0.658. The monoisotopic (exact) mass is 327 g/mol. The Hall–Kier alpha value is 0.01000. The lowest BCUT2D eigenvalue weighted by Gasteiger charge is -2.38. The van der Waals surface area contributed by atoms with E-state index in [-0.39, 0.29) is 0 Å². The van der Waals surface area contributed by atoms with Gasteiger partial charge < -0.3 is 5.32 Å². The fourth-order valence-electron chi connectivity index (χ4n) is 2.57. The summed E-state index contributed by atoms with van der Waals surface area (Å²) in [5, 5.41) is 3.74. The van der Waals surface area contributed by atoms with Crippen LogP contribution in [0.25, 0.3) is 0 Å². The summed E-state index contributed by atoms with van der Waals surface area (Å²) in [6, 6.07) is 10.1. The van der Waals surface area contributed by atoms with E-state index in [1.54, 1.807) is 0 Å². The molecule has 1 saturated carbocycles. The van der Waals surface area contributed by atoms with E-state index in [1.165, 1.54) is 35.1 Å². The average molecular weight is 328 g/mol. The van der Waals surface area contributed by atoms with Crippen LogP contribution >= 0.6 is 27.7 Å². The molecule has 0 spiro atoms. The summed E-state index contributed by atoms with van der Waals surface area (Å²) in [4.78, 5) is 0. The molecule has 0 radical (unpaired) electrons. The molecule has 2 rings (SSSR count). The molecule has 1 nitrogen and oxygen atoms in total. The molecule has 3 heteroatoms. The molecule has 100 valence electrons. The molecule has 0 heterocycles. The van der Waals surface area contributed by atoms with Crippen LogP contribution in [0, 0.1) is 0 Å². The summed E-state index contributed by atoms with van der Waals surface area (Å²) in [5.41, 5.74) is 1.49. The van der Waals surface area contributed by atoms with Gasteiger partial charge in [0, 0.05) is 16.6 Å². The number of nitrogens with one attached hydrogen (secondary N) is 1. The maximum absolute atomic E-state index is 3.74. The van der Waals surface area contributed by atoms with Crippen LogP contribution in [0.3, 0.4) is 0 Å². The lowest BCUT2D eigenvalue weighted by atomic mass is 9.75. The summed E-state index contributed by atoms with van der Waals surface area (Å²) >= 11 is 5.49. The van der Waals surface area contributed by atoms with E-state index < -0.39 is 0 Å². The number of halogens is 1. The van der Waals surface area contributed by atoms with Crippen molar-refractivity contribution in [2.24, 2.45) is 0 Å². The first-order chi connectivity index (χ1) is 8.69. The highest BCUT2D eigenvalue weighted by atomic mass is 79.9. The van der Waals surface area contributed by atoms with Gasteiger partial charge in [0.05, 0.1) is 0 Å². The summed E-state index contributed by atoms with van der Waals surface area (Å²) in [7, 11) is 0. The van der Waals surface area contributed by atoms with Gasteiger partial charge in [0.15, 0.2) is 0 Å². The quantitative estimate of drug-likeness (QED) is 0.829. The van der Waals surface area contributed by atoms with E-state index >= 15 is 0 Å². The van der Waals surface area contributed by atoms with Crippen molar-refractivity contribution in [1.82, 2.24) is 5.32 Å². The molecule has 18 heavy (non-hydrogen) atoms. The van der Waals surface area contributed by atoms with Gasteiger partial charge in [-0.15, -0.1) is 0 Å². The summed E-state index contributed by atoms with van der Waals surface area (Å²) < 4.78 is 1.20. The van der Waals surface area contributed by atoms with Gasteiger partial charge in [0.1, 0.15) is 0 Å². The van der Waals surface area contributed by atoms with Crippen LogP contribution in [0.1, 0.15) is 37.7 Å².